The number of aliphatic carboxylic acids is 1. The molecule has 30 heavy (non-hydrogen) atoms. The number of hydrogen-bond acceptors (Lipinski definition) is 3. The molecule has 0 saturated heterocycles. The van der Waals surface area contributed by atoms with E-state index in [0.29, 0.717) is 6.42 Å². The Hall–Kier alpha value is -2.37. The summed E-state index contributed by atoms with van der Waals surface area (Å²) in [5, 5.41) is 25.6. The van der Waals surface area contributed by atoms with Crippen molar-refractivity contribution in [3.8, 4) is 0 Å². The van der Waals surface area contributed by atoms with Crippen molar-refractivity contribution < 1.29 is 29.7 Å². The Morgan fingerprint density at radius 1 is 0.600 bits per heavy atom. The first-order chi connectivity index (χ1) is 14.4. The molecule has 6 heteroatoms. The molecule has 1 rings (SSSR count). The summed E-state index contributed by atoms with van der Waals surface area (Å²) >= 11 is 0. The van der Waals surface area contributed by atoms with Crippen molar-refractivity contribution in [2.24, 2.45) is 0 Å². The van der Waals surface area contributed by atoms with E-state index in [0.717, 1.165) is 12.8 Å². The largest absolute Gasteiger partial charge is 0.481 e. The van der Waals surface area contributed by atoms with Crippen LogP contribution in [0, 0.1) is 0 Å². The molecular weight excluding hydrogens is 384 g/mol. The van der Waals surface area contributed by atoms with E-state index in [1.54, 1.807) is 0 Å². The lowest BCUT2D eigenvalue weighted by Crippen LogP contribution is -2.06. The number of carbonyl (C=O) groups is 3. The van der Waals surface area contributed by atoms with Crippen LogP contribution in [0.5, 0.6) is 0 Å². The number of benzene rings is 1. The van der Waals surface area contributed by atoms with Crippen molar-refractivity contribution in [3.63, 3.8) is 0 Å². The average Bonchev–Trinajstić information content (AvgIpc) is 2.71. The number of aromatic carboxylic acids is 2. The number of hydrogen-bond donors (Lipinski definition) is 3. The van der Waals surface area contributed by atoms with E-state index in [1.165, 1.54) is 94.9 Å². The Kier molecular flexibility index (Phi) is 17.2. The predicted octanol–water partition coefficient (Wildman–Crippen LogP) is 6.64. The van der Waals surface area contributed by atoms with Crippen LogP contribution >= 0.6 is 0 Å². The van der Waals surface area contributed by atoms with Crippen molar-refractivity contribution in [1.29, 1.82) is 0 Å². The summed E-state index contributed by atoms with van der Waals surface area (Å²) in [6.45, 7) is 2.26. The topological polar surface area (TPSA) is 112 Å². The second-order valence-corrected chi connectivity index (χ2v) is 7.54. The maximum atomic E-state index is 10.5. The van der Waals surface area contributed by atoms with Gasteiger partial charge in [0.15, 0.2) is 0 Å². The molecule has 0 radical (unpaired) electrons. The van der Waals surface area contributed by atoms with Crippen molar-refractivity contribution >= 4 is 17.9 Å². The summed E-state index contributed by atoms with van der Waals surface area (Å²) in [4.78, 5) is 31.2. The second kappa shape index (κ2) is 18.6. The molecule has 1 aromatic carbocycles. The minimum Gasteiger partial charge on any atom is -0.481 e. The van der Waals surface area contributed by atoms with E-state index in [4.69, 9.17) is 15.3 Å². The fourth-order valence-electron chi connectivity index (χ4n) is 3.15. The van der Waals surface area contributed by atoms with Crippen molar-refractivity contribution in [1.82, 2.24) is 0 Å². The quantitative estimate of drug-likeness (QED) is 0.258. The van der Waals surface area contributed by atoms with Crippen LogP contribution in [0.2, 0.25) is 0 Å². The molecule has 0 fully saturated rings. The zero-order valence-electron chi connectivity index (χ0n) is 18.3. The van der Waals surface area contributed by atoms with Crippen LogP contribution < -0.4 is 0 Å². The average molecular weight is 423 g/mol. The molecule has 0 bridgehead atoms. The van der Waals surface area contributed by atoms with Gasteiger partial charge in [0.05, 0.1) is 11.1 Å². The van der Waals surface area contributed by atoms with Gasteiger partial charge in [-0.2, -0.15) is 0 Å². The van der Waals surface area contributed by atoms with Gasteiger partial charge < -0.3 is 15.3 Å². The molecule has 0 saturated carbocycles. The standard InChI is InChI=1S/C16H32O2.C8H6O4/c1-2-3-4-5-6-7-8-9-10-11-12-13-14-15-16(17)18;9-7(10)5-3-1-2-4-6(5)8(11)12/h2-15H2,1H3,(H,17,18);1-4H,(H,9,10)(H,11,12). The van der Waals surface area contributed by atoms with Gasteiger partial charge in [0.25, 0.3) is 0 Å². The molecule has 0 aliphatic carbocycles. The molecule has 1 aromatic rings. The van der Waals surface area contributed by atoms with Crippen molar-refractivity contribution in [2.75, 3.05) is 0 Å². The highest BCUT2D eigenvalue weighted by Crippen LogP contribution is 2.13. The van der Waals surface area contributed by atoms with Gasteiger partial charge >= 0.3 is 17.9 Å². The highest BCUT2D eigenvalue weighted by molar-refractivity contribution is 6.01. The fraction of sp³-hybridized carbons (Fsp3) is 0.625. The third kappa shape index (κ3) is 15.5. The van der Waals surface area contributed by atoms with Crippen LogP contribution in [-0.4, -0.2) is 33.2 Å². The highest BCUT2D eigenvalue weighted by Gasteiger charge is 2.13. The number of unbranched alkanes of at least 4 members (excludes halogenated alkanes) is 12. The van der Waals surface area contributed by atoms with Gasteiger partial charge in [-0.1, -0.05) is 96.1 Å². The van der Waals surface area contributed by atoms with Crippen LogP contribution in [0.15, 0.2) is 24.3 Å². The van der Waals surface area contributed by atoms with E-state index in [1.807, 2.05) is 0 Å². The Labute approximate surface area is 180 Å². The second-order valence-electron chi connectivity index (χ2n) is 7.54. The maximum absolute atomic E-state index is 10.5. The van der Waals surface area contributed by atoms with E-state index in [2.05, 4.69) is 6.92 Å². The number of carboxylic acids is 3. The number of rotatable bonds is 16. The zero-order valence-corrected chi connectivity index (χ0v) is 18.3. The van der Waals surface area contributed by atoms with Gasteiger partial charge in [0.1, 0.15) is 0 Å². The first-order valence-corrected chi connectivity index (χ1v) is 11.2. The molecule has 6 nitrogen and oxygen atoms in total. The lowest BCUT2D eigenvalue weighted by Gasteiger charge is -2.02. The molecule has 0 heterocycles. The Bertz CT molecular complexity index is 578. The van der Waals surface area contributed by atoms with E-state index in [-0.39, 0.29) is 11.1 Å². The molecule has 0 aliphatic rings. The summed E-state index contributed by atoms with van der Waals surface area (Å²) in [5.41, 5.74) is -0.380. The molecule has 0 aromatic heterocycles. The monoisotopic (exact) mass is 422 g/mol. The van der Waals surface area contributed by atoms with Gasteiger partial charge in [0, 0.05) is 6.42 Å². The summed E-state index contributed by atoms with van der Waals surface area (Å²) in [6.07, 6.45) is 17.3. The van der Waals surface area contributed by atoms with Gasteiger partial charge in [0.2, 0.25) is 0 Å². The van der Waals surface area contributed by atoms with Crippen molar-refractivity contribution in [2.45, 2.75) is 96.8 Å². The van der Waals surface area contributed by atoms with E-state index >= 15 is 0 Å². The Morgan fingerprint density at radius 2 is 0.933 bits per heavy atom. The smallest absolute Gasteiger partial charge is 0.336 e. The third-order valence-electron chi connectivity index (χ3n) is 4.88. The number of carboxylic acid groups (broad SMARTS) is 3. The maximum Gasteiger partial charge on any atom is 0.336 e. The van der Waals surface area contributed by atoms with Gasteiger partial charge in [-0.05, 0) is 18.6 Å². The van der Waals surface area contributed by atoms with Crippen molar-refractivity contribution in [3.05, 3.63) is 35.4 Å². The normalized spacial score (nSPS) is 10.2. The van der Waals surface area contributed by atoms with E-state index < -0.39 is 17.9 Å². The van der Waals surface area contributed by atoms with Crippen LogP contribution in [0.25, 0.3) is 0 Å². The molecule has 0 unspecified atom stereocenters. The lowest BCUT2D eigenvalue weighted by molar-refractivity contribution is -0.137. The third-order valence-corrected chi connectivity index (χ3v) is 4.88. The predicted molar refractivity (Wildman–Crippen MR) is 118 cm³/mol. The lowest BCUT2D eigenvalue weighted by atomic mass is 10.0. The minimum atomic E-state index is -1.23. The molecule has 0 atom stereocenters. The van der Waals surface area contributed by atoms with Crippen LogP contribution in [0.3, 0.4) is 0 Å². The molecular formula is C24H38O6. The molecule has 170 valence electrons. The molecule has 3 N–H and O–H groups in total. The molecule has 0 aliphatic heterocycles. The van der Waals surface area contributed by atoms with Gasteiger partial charge in [-0.25, -0.2) is 9.59 Å². The molecule has 0 spiro atoms. The Morgan fingerprint density at radius 3 is 1.23 bits per heavy atom. The van der Waals surface area contributed by atoms with Crippen LogP contribution in [-0.2, 0) is 4.79 Å². The van der Waals surface area contributed by atoms with E-state index in [9.17, 15) is 14.4 Å². The fourth-order valence-corrected chi connectivity index (χ4v) is 3.15. The summed E-state index contributed by atoms with van der Waals surface area (Å²) in [6, 6.07) is 5.48. The molecule has 0 amide bonds. The van der Waals surface area contributed by atoms with Gasteiger partial charge in [-0.3, -0.25) is 4.79 Å². The van der Waals surface area contributed by atoms with Crippen LogP contribution in [0.1, 0.15) is 118 Å². The summed E-state index contributed by atoms with van der Waals surface area (Å²) < 4.78 is 0. The SMILES string of the molecule is CCCCCCCCCCCCCCCC(=O)O.O=C(O)c1ccccc1C(=O)O. The first-order valence-electron chi connectivity index (χ1n) is 11.2. The van der Waals surface area contributed by atoms with Gasteiger partial charge in [-0.15, -0.1) is 0 Å². The highest BCUT2D eigenvalue weighted by atomic mass is 16.4. The minimum absolute atomic E-state index is 0.190. The van der Waals surface area contributed by atoms with Crippen LogP contribution in [0.4, 0.5) is 0 Å². The Balaban J connectivity index is 0.000000604. The summed E-state index contributed by atoms with van der Waals surface area (Å²) in [7, 11) is 0. The zero-order chi connectivity index (χ0) is 22.6. The first kappa shape index (κ1) is 27.6. The summed E-state index contributed by atoms with van der Waals surface area (Å²) in [5.74, 6) is -3.11.